The monoisotopic (exact) mass is 305 g/mol. The molecule has 0 amide bonds. The zero-order chi connectivity index (χ0) is 15.6. The summed E-state index contributed by atoms with van der Waals surface area (Å²) in [7, 11) is -2.65. The van der Waals surface area contributed by atoms with Crippen LogP contribution in [0.25, 0.3) is 0 Å². The summed E-state index contributed by atoms with van der Waals surface area (Å²) in [5.74, 6) is 0.678. The lowest BCUT2D eigenvalue weighted by molar-refractivity contribution is 0.0556. The van der Waals surface area contributed by atoms with Crippen molar-refractivity contribution in [3.05, 3.63) is 0 Å². The lowest BCUT2D eigenvalue weighted by Gasteiger charge is -2.37. The smallest absolute Gasteiger partial charge is 0.373 e. The summed E-state index contributed by atoms with van der Waals surface area (Å²) < 4.78 is 18.0. The van der Waals surface area contributed by atoms with Crippen LogP contribution in [0.3, 0.4) is 0 Å². The molecule has 0 radical (unpaired) electrons. The molecule has 0 heterocycles. The van der Waals surface area contributed by atoms with Gasteiger partial charge in [0.05, 0.1) is 5.67 Å². The van der Waals surface area contributed by atoms with Gasteiger partial charge in [-0.1, -0.05) is 20.8 Å². The number of hydrogen-bond donors (Lipinski definition) is 1. The van der Waals surface area contributed by atoms with Crippen LogP contribution in [0.5, 0.6) is 0 Å². The molecule has 2 atom stereocenters. The van der Waals surface area contributed by atoms with Crippen LogP contribution in [-0.2, 0) is 13.3 Å². The van der Waals surface area contributed by atoms with Crippen molar-refractivity contribution < 1.29 is 13.3 Å². The molecule has 0 saturated heterocycles. The highest BCUT2D eigenvalue weighted by atomic mass is 28.4. The molecule has 1 N–H and O–H groups in total. The highest BCUT2D eigenvalue weighted by Crippen LogP contribution is 2.19. The van der Waals surface area contributed by atoms with Gasteiger partial charge >= 0.3 is 8.80 Å². The van der Waals surface area contributed by atoms with E-state index in [2.05, 4.69) is 33.0 Å². The lowest BCUT2D eigenvalue weighted by atomic mass is 10.1. The number of nitrogens with one attached hydrogen (secondary N) is 1. The van der Waals surface area contributed by atoms with E-state index in [1.54, 1.807) is 0 Å². The van der Waals surface area contributed by atoms with Gasteiger partial charge in [0, 0.05) is 25.9 Å². The molecular formula is C15H35NO3Si. The highest BCUT2D eigenvalue weighted by Gasteiger charge is 2.48. The van der Waals surface area contributed by atoms with Crippen LogP contribution < -0.4 is 5.32 Å². The van der Waals surface area contributed by atoms with E-state index in [1.807, 2.05) is 20.8 Å². The fourth-order valence-electron chi connectivity index (χ4n) is 2.62. The minimum Gasteiger partial charge on any atom is -0.373 e. The molecule has 0 saturated carbocycles. The normalized spacial score (nSPS) is 15.6. The van der Waals surface area contributed by atoms with Gasteiger partial charge < -0.3 is 18.6 Å². The minimum absolute atomic E-state index is 0.163. The second-order valence-electron chi connectivity index (χ2n) is 5.56. The Kier molecular flexibility index (Phi) is 10.8. The van der Waals surface area contributed by atoms with Crippen molar-refractivity contribution in [3.63, 3.8) is 0 Å². The molecule has 122 valence electrons. The molecule has 0 aromatic heterocycles. The van der Waals surface area contributed by atoms with Crippen molar-refractivity contribution in [1.29, 1.82) is 0 Å². The SMILES string of the molecule is CCO[Si](OCC)(OCC)C(CC)NC(C)CC(C)C. The largest absolute Gasteiger partial charge is 0.518 e. The summed E-state index contributed by atoms with van der Waals surface area (Å²) in [6.45, 7) is 16.8. The minimum atomic E-state index is -2.65. The predicted octanol–water partition coefficient (Wildman–Crippen LogP) is 3.38. The Morgan fingerprint density at radius 1 is 0.850 bits per heavy atom. The van der Waals surface area contributed by atoms with Gasteiger partial charge in [0.1, 0.15) is 0 Å². The highest BCUT2D eigenvalue weighted by molar-refractivity contribution is 6.62. The third-order valence-corrected chi connectivity index (χ3v) is 6.68. The first-order valence-electron chi connectivity index (χ1n) is 8.13. The average molecular weight is 306 g/mol. The Labute approximate surface area is 126 Å². The van der Waals surface area contributed by atoms with Crippen molar-refractivity contribution in [1.82, 2.24) is 5.32 Å². The maximum atomic E-state index is 6.00. The van der Waals surface area contributed by atoms with Crippen LogP contribution in [0, 0.1) is 5.92 Å². The van der Waals surface area contributed by atoms with Crippen molar-refractivity contribution in [2.45, 2.75) is 73.0 Å². The van der Waals surface area contributed by atoms with Crippen LogP contribution >= 0.6 is 0 Å². The Morgan fingerprint density at radius 2 is 1.30 bits per heavy atom. The Bertz CT molecular complexity index is 222. The Hall–Kier alpha value is 0.0569. The fourth-order valence-corrected chi connectivity index (χ4v) is 5.67. The first-order valence-corrected chi connectivity index (χ1v) is 9.93. The molecule has 0 aliphatic rings. The first-order chi connectivity index (χ1) is 9.45. The zero-order valence-electron chi connectivity index (χ0n) is 14.5. The molecule has 0 aliphatic heterocycles. The molecule has 0 bridgehead atoms. The van der Waals surface area contributed by atoms with Crippen molar-refractivity contribution in [3.8, 4) is 0 Å². The van der Waals surface area contributed by atoms with Gasteiger partial charge in [-0.25, -0.2) is 0 Å². The van der Waals surface area contributed by atoms with Crippen LogP contribution in [0.2, 0.25) is 0 Å². The molecule has 20 heavy (non-hydrogen) atoms. The van der Waals surface area contributed by atoms with E-state index in [1.165, 1.54) is 0 Å². The summed E-state index contributed by atoms with van der Waals surface area (Å²) in [6, 6.07) is 0.438. The van der Waals surface area contributed by atoms with E-state index >= 15 is 0 Å². The van der Waals surface area contributed by atoms with E-state index in [-0.39, 0.29) is 5.67 Å². The van der Waals surface area contributed by atoms with Crippen molar-refractivity contribution >= 4 is 8.80 Å². The van der Waals surface area contributed by atoms with Gasteiger partial charge in [-0.15, -0.1) is 0 Å². The van der Waals surface area contributed by atoms with E-state index < -0.39 is 8.80 Å². The molecule has 2 unspecified atom stereocenters. The molecule has 0 aromatic rings. The molecule has 0 aliphatic carbocycles. The van der Waals surface area contributed by atoms with E-state index in [0.29, 0.717) is 31.8 Å². The topological polar surface area (TPSA) is 39.7 Å². The molecule has 0 rings (SSSR count). The second kappa shape index (κ2) is 10.7. The molecular weight excluding hydrogens is 270 g/mol. The summed E-state index contributed by atoms with van der Waals surface area (Å²) in [4.78, 5) is 0. The summed E-state index contributed by atoms with van der Waals surface area (Å²) in [6.07, 6.45) is 2.10. The van der Waals surface area contributed by atoms with Crippen LogP contribution in [0.4, 0.5) is 0 Å². The first kappa shape index (κ1) is 20.1. The number of rotatable bonds is 12. The molecule has 4 nitrogen and oxygen atoms in total. The van der Waals surface area contributed by atoms with Crippen LogP contribution in [0.1, 0.15) is 61.3 Å². The Morgan fingerprint density at radius 3 is 1.60 bits per heavy atom. The van der Waals surface area contributed by atoms with E-state index in [0.717, 1.165) is 12.8 Å². The Balaban J connectivity index is 4.94. The van der Waals surface area contributed by atoms with Gasteiger partial charge in [-0.05, 0) is 46.5 Å². The second-order valence-corrected chi connectivity index (χ2v) is 8.33. The predicted molar refractivity (Wildman–Crippen MR) is 86.8 cm³/mol. The van der Waals surface area contributed by atoms with Gasteiger partial charge in [-0.2, -0.15) is 0 Å². The summed E-state index contributed by atoms with van der Waals surface area (Å²) in [5, 5.41) is 3.68. The maximum absolute atomic E-state index is 6.00. The van der Waals surface area contributed by atoms with Gasteiger partial charge in [0.25, 0.3) is 0 Å². The zero-order valence-corrected chi connectivity index (χ0v) is 15.5. The van der Waals surface area contributed by atoms with Crippen molar-refractivity contribution in [2.75, 3.05) is 19.8 Å². The van der Waals surface area contributed by atoms with Crippen LogP contribution in [0.15, 0.2) is 0 Å². The quantitative estimate of drug-likeness (QED) is 0.561. The third kappa shape index (κ3) is 6.67. The van der Waals surface area contributed by atoms with Crippen molar-refractivity contribution in [2.24, 2.45) is 5.92 Å². The van der Waals surface area contributed by atoms with Gasteiger partial charge in [0.2, 0.25) is 0 Å². The number of hydrogen-bond acceptors (Lipinski definition) is 4. The van der Waals surface area contributed by atoms with E-state index in [4.69, 9.17) is 13.3 Å². The lowest BCUT2D eigenvalue weighted by Crippen LogP contribution is -2.63. The third-order valence-electron chi connectivity index (χ3n) is 3.18. The molecule has 0 aromatic carbocycles. The maximum Gasteiger partial charge on any atom is 0.518 e. The summed E-state index contributed by atoms with van der Waals surface area (Å²) in [5.41, 5.74) is 0.163. The standard InChI is InChI=1S/C15H35NO3Si/c1-8-15(16-14(7)12-13(5)6)20(17-9-2,18-10-3)19-11-4/h13-16H,8-12H2,1-7H3. The molecule has 5 heteroatoms. The van der Waals surface area contributed by atoms with Crippen LogP contribution in [-0.4, -0.2) is 40.3 Å². The van der Waals surface area contributed by atoms with Gasteiger partial charge in [-0.3, -0.25) is 0 Å². The summed E-state index contributed by atoms with van der Waals surface area (Å²) >= 11 is 0. The van der Waals surface area contributed by atoms with E-state index in [9.17, 15) is 0 Å². The fraction of sp³-hybridized carbons (Fsp3) is 1.00. The molecule has 0 spiro atoms. The van der Waals surface area contributed by atoms with Gasteiger partial charge in [0.15, 0.2) is 0 Å². The molecule has 0 fully saturated rings. The average Bonchev–Trinajstić information content (AvgIpc) is 2.35.